The number of ether oxygens (including phenoxy) is 2. The second-order valence-electron chi connectivity index (χ2n) is 16.1. The first-order chi connectivity index (χ1) is 28.1. The quantitative estimate of drug-likeness (QED) is 0.0341. The molecule has 0 aromatic rings. The molecule has 12 nitrogen and oxygen atoms in total. The lowest BCUT2D eigenvalue weighted by molar-refractivity contribution is -0.149. The van der Waals surface area contributed by atoms with Gasteiger partial charge in [0.1, 0.15) is 12.1 Å². The molecule has 0 saturated carbocycles. The molecule has 338 valence electrons. The van der Waals surface area contributed by atoms with Crippen LogP contribution in [0, 0.1) is 0 Å². The molecule has 4 N–H and O–H groups in total. The number of carbonyl (C=O) groups excluding carboxylic acids is 4. The number of unbranched alkanes of at least 4 members (excludes halogenated alkanes) is 26. The van der Waals surface area contributed by atoms with Crippen molar-refractivity contribution >= 4 is 35.7 Å². The maximum atomic E-state index is 13.0. The fraction of sp³-hybridized carbons (Fsp3) is 0.870. The maximum Gasteiger partial charge on any atom is 0.328 e. The fourth-order valence-corrected chi connectivity index (χ4v) is 6.92. The summed E-state index contributed by atoms with van der Waals surface area (Å²) < 4.78 is 10.9. The van der Waals surface area contributed by atoms with Gasteiger partial charge in [0.25, 0.3) is 0 Å². The van der Waals surface area contributed by atoms with Gasteiger partial charge in [0.15, 0.2) is 0 Å². The molecule has 0 fully saturated rings. The van der Waals surface area contributed by atoms with Crippen LogP contribution < -0.4 is 10.6 Å². The Morgan fingerprint density at radius 3 is 1.10 bits per heavy atom. The molecule has 2 amide bonds. The third kappa shape index (κ3) is 37.1. The number of carbonyl (C=O) groups is 6. The topological polar surface area (TPSA) is 185 Å². The van der Waals surface area contributed by atoms with Crippen LogP contribution in [0.25, 0.3) is 0 Å². The zero-order valence-electron chi connectivity index (χ0n) is 36.8. The highest BCUT2D eigenvalue weighted by atomic mass is 16.5. The molecule has 58 heavy (non-hydrogen) atoms. The number of amides is 2. The molecule has 0 radical (unpaired) electrons. The fourth-order valence-electron chi connectivity index (χ4n) is 6.92. The average molecular weight is 825 g/mol. The molecule has 0 heterocycles. The van der Waals surface area contributed by atoms with Crippen molar-refractivity contribution in [2.45, 2.75) is 244 Å². The number of rotatable bonds is 43. The van der Waals surface area contributed by atoms with E-state index in [9.17, 15) is 33.9 Å². The van der Waals surface area contributed by atoms with Gasteiger partial charge in [0.2, 0.25) is 11.8 Å². The summed E-state index contributed by atoms with van der Waals surface area (Å²) in [6.45, 7) is 4.98. The van der Waals surface area contributed by atoms with Gasteiger partial charge in [-0.25, -0.2) is 9.59 Å². The molecular weight excluding hydrogens is 741 g/mol. The molecule has 0 aromatic heterocycles. The van der Waals surface area contributed by atoms with Gasteiger partial charge in [-0.1, -0.05) is 181 Å². The third-order valence-corrected chi connectivity index (χ3v) is 10.6. The van der Waals surface area contributed by atoms with E-state index < -0.39 is 54.2 Å². The number of hydrogen-bond donors (Lipinski definition) is 4. The Balaban J connectivity index is 4.57. The van der Waals surface area contributed by atoms with Crippen LogP contribution in [-0.4, -0.2) is 71.2 Å². The SMILES string of the molecule is CCCCCCCCCCCCCCCCOC(=O)CCC(NC(=O)CCC(=O)NC(CCC(=O)O)C(=O)O)C(=O)OCCCCCCCCCCCCCCCC. The first-order valence-electron chi connectivity index (χ1n) is 23.5. The summed E-state index contributed by atoms with van der Waals surface area (Å²) in [6.07, 6.45) is 32.5. The Labute approximate surface area is 351 Å². The second-order valence-corrected chi connectivity index (χ2v) is 16.1. The van der Waals surface area contributed by atoms with Gasteiger partial charge in [-0.05, 0) is 25.7 Å². The summed E-state index contributed by atoms with van der Waals surface area (Å²) in [5.41, 5.74) is 0. The molecule has 0 saturated heterocycles. The molecule has 0 spiro atoms. The number of esters is 2. The summed E-state index contributed by atoms with van der Waals surface area (Å²) in [5, 5.41) is 22.9. The molecule has 0 aliphatic rings. The first-order valence-corrected chi connectivity index (χ1v) is 23.5. The molecule has 12 heteroatoms. The predicted octanol–water partition coefficient (Wildman–Crippen LogP) is 10.5. The molecule has 2 atom stereocenters. The van der Waals surface area contributed by atoms with Crippen LogP contribution in [0.1, 0.15) is 232 Å². The lowest BCUT2D eigenvalue weighted by Crippen LogP contribution is -2.44. The van der Waals surface area contributed by atoms with E-state index in [2.05, 4.69) is 24.5 Å². The highest BCUT2D eigenvalue weighted by Gasteiger charge is 2.25. The molecule has 0 aliphatic carbocycles. The van der Waals surface area contributed by atoms with Crippen molar-refractivity contribution < 1.29 is 48.5 Å². The van der Waals surface area contributed by atoms with Gasteiger partial charge in [0.05, 0.1) is 13.2 Å². The minimum atomic E-state index is -1.40. The molecular formula is C46H84N2O10. The number of hydrogen-bond acceptors (Lipinski definition) is 8. The average Bonchev–Trinajstić information content (AvgIpc) is 3.19. The minimum absolute atomic E-state index is 0.0244. The van der Waals surface area contributed by atoms with Gasteiger partial charge >= 0.3 is 23.9 Å². The highest BCUT2D eigenvalue weighted by Crippen LogP contribution is 2.15. The van der Waals surface area contributed by atoms with E-state index in [0.717, 1.165) is 38.5 Å². The number of nitrogens with one attached hydrogen (secondary N) is 2. The van der Waals surface area contributed by atoms with Crippen LogP contribution in [0.4, 0.5) is 0 Å². The van der Waals surface area contributed by atoms with Gasteiger partial charge in [0, 0.05) is 25.7 Å². The molecule has 0 bridgehead atoms. The Kier molecular flexibility index (Phi) is 38.4. The third-order valence-electron chi connectivity index (χ3n) is 10.6. The molecule has 0 aliphatic heterocycles. The smallest absolute Gasteiger partial charge is 0.328 e. The predicted molar refractivity (Wildman–Crippen MR) is 229 cm³/mol. The standard InChI is InChI=1S/C46H84N2O10/c1-3-5-7-9-11-13-15-17-19-21-23-25-27-29-37-57-44(53)36-32-40(48-42(50)34-33-41(49)47-39(45(54)55)31-35-43(51)52)46(56)58-38-30-28-26-24-22-20-18-16-14-12-10-8-6-4-2/h39-40H,3-38H2,1-2H3,(H,47,49)(H,48,50)(H,51,52)(H,54,55). The van der Waals surface area contributed by atoms with Crippen molar-refractivity contribution in [2.24, 2.45) is 0 Å². The van der Waals surface area contributed by atoms with Crippen molar-refractivity contribution in [3.05, 3.63) is 0 Å². The van der Waals surface area contributed by atoms with E-state index in [1.54, 1.807) is 0 Å². The highest BCUT2D eigenvalue weighted by molar-refractivity contribution is 5.89. The summed E-state index contributed by atoms with van der Waals surface area (Å²) >= 11 is 0. The lowest BCUT2D eigenvalue weighted by atomic mass is 10.0. The number of carboxylic acid groups (broad SMARTS) is 2. The normalized spacial score (nSPS) is 12.1. The van der Waals surface area contributed by atoms with Crippen molar-refractivity contribution in [1.29, 1.82) is 0 Å². The Morgan fingerprint density at radius 2 is 0.741 bits per heavy atom. The van der Waals surface area contributed by atoms with Crippen LogP contribution in [0.15, 0.2) is 0 Å². The van der Waals surface area contributed by atoms with Gasteiger partial charge in [-0.3, -0.25) is 19.2 Å². The zero-order chi connectivity index (χ0) is 42.9. The lowest BCUT2D eigenvalue weighted by Gasteiger charge is -2.18. The zero-order valence-corrected chi connectivity index (χ0v) is 36.8. The van der Waals surface area contributed by atoms with Crippen LogP contribution in [0.2, 0.25) is 0 Å². The van der Waals surface area contributed by atoms with E-state index in [1.807, 2.05) is 0 Å². The second kappa shape index (κ2) is 40.6. The molecule has 0 rings (SSSR count). The van der Waals surface area contributed by atoms with Crippen LogP contribution in [0.3, 0.4) is 0 Å². The van der Waals surface area contributed by atoms with Gasteiger partial charge < -0.3 is 30.3 Å². The van der Waals surface area contributed by atoms with Crippen molar-refractivity contribution in [1.82, 2.24) is 10.6 Å². The number of aliphatic carboxylic acids is 2. The van der Waals surface area contributed by atoms with Crippen LogP contribution in [-0.2, 0) is 38.2 Å². The van der Waals surface area contributed by atoms with Gasteiger partial charge in [-0.2, -0.15) is 0 Å². The Morgan fingerprint density at radius 1 is 0.414 bits per heavy atom. The summed E-state index contributed by atoms with van der Waals surface area (Å²) in [4.78, 5) is 72.9. The molecule has 0 aromatic carbocycles. The van der Waals surface area contributed by atoms with Crippen molar-refractivity contribution in [3.63, 3.8) is 0 Å². The van der Waals surface area contributed by atoms with E-state index >= 15 is 0 Å². The van der Waals surface area contributed by atoms with Crippen molar-refractivity contribution in [3.8, 4) is 0 Å². The summed E-state index contributed by atoms with van der Waals surface area (Å²) in [5.74, 6) is -5.07. The Hall–Kier alpha value is -3.18. The van der Waals surface area contributed by atoms with E-state index in [-0.39, 0.29) is 38.7 Å². The summed E-state index contributed by atoms with van der Waals surface area (Å²) in [7, 11) is 0. The molecule has 2 unspecified atom stereocenters. The maximum absolute atomic E-state index is 13.0. The van der Waals surface area contributed by atoms with E-state index in [4.69, 9.17) is 14.6 Å². The van der Waals surface area contributed by atoms with E-state index in [1.165, 1.54) is 135 Å². The first kappa shape index (κ1) is 54.8. The largest absolute Gasteiger partial charge is 0.481 e. The van der Waals surface area contributed by atoms with Crippen LogP contribution in [0.5, 0.6) is 0 Å². The van der Waals surface area contributed by atoms with Gasteiger partial charge in [-0.15, -0.1) is 0 Å². The Bertz CT molecular complexity index is 1070. The van der Waals surface area contributed by atoms with Crippen LogP contribution >= 0.6 is 0 Å². The minimum Gasteiger partial charge on any atom is -0.481 e. The summed E-state index contributed by atoms with van der Waals surface area (Å²) in [6, 6.07) is -2.52. The number of carboxylic acids is 2. The van der Waals surface area contributed by atoms with E-state index in [0.29, 0.717) is 13.0 Å². The van der Waals surface area contributed by atoms with Crippen molar-refractivity contribution in [2.75, 3.05) is 13.2 Å². The monoisotopic (exact) mass is 825 g/mol.